The summed E-state index contributed by atoms with van der Waals surface area (Å²) in [6.07, 6.45) is 2.94. The summed E-state index contributed by atoms with van der Waals surface area (Å²) in [6, 6.07) is 11.0. The summed E-state index contributed by atoms with van der Waals surface area (Å²) in [5.74, 6) is 0.657. The number of imidazole rings is 1. The van der Waals surface area contributed by atoms with Crippen LogP contribution >= 0.6 is 22.9 Å². The molecule has 7 nitrogen and oxygen atoms in total. The van der Waals surface area contributed by atoms with Gasteiger partial charge in [0, 0.05) is 17.8 Å². The maximum atomic E-state index is 12.4. The SMILES string of the molecule is CCCc1nc(-c2ccc(Cl)cc2OC)sc1COC(=O)Nc1ccc2c(c1)ncn2C. The Balaban J connectivity index is 1.48. The van der Waals surface area contributed by atoms with Crippen LogP contribution in [0.3, 0.4) is 0 Å². The number of rotatable bonds is 7. The topological polar surface area (TPSA) is 78.3 Å². The predicted octanol–water partition coefficient (Wildman–Crippen LogP) is 6.06. The van der Waals surface area contributed by atoms with Crippen molar-refractivity contribution in [2.75, 3.05) is 12.4 Å². The van der Waals surface area contributed by atoms with Crippen LogP contribution in [0, 0.1) is 0 Å². The van der Waals surface area contributed by atoms with Crippen LogP contribution < -0.4 is 10.1 Å². The third-order valence-corrected chi connectivity index (χ3v) is 6.30. The minimum absolute atomic E-state index is 0.139. The first-order chi connectivity index (χ1) is 15.5. The Kier molecular flexibility index (Phi) is 6.62. The molecule has 1 amide bonds. The van der Waals surface area contributed by atoms with Crippen LogP contribution in [-0.4, -0.2) is 27.7 Å². The molecule has 0 saturated heterocycles. The van der Waals surface area contributed by atoms with Gasteiger partial charge in [0.1, 0.15) is 17.4 Å². The number of anilines is 1. The van der Waals surface area contributed by atoms with Crippen LogP contribution in [0.1, 0.15) is 23.9 Å². The zero-order valence-corrected chi connectivity index (χ0v) is 19.6. The van der Waals surface area contributed by atoms with Crippen molar-refractivity contribution in [3.8, 4) is 16.3 Å². The van der Waals surface area contributed by atoms with Crippen molar-refractivity contribution >= 4 is 45.8 Å². The number of carbonyl (C=O) groups is 1. The molecule has 2 aromatic heterocycles. The van der Waals surface area contributed by atoms with Gasteiger partial charge < -0.3 is 14.0 Å². The van der Waals surface area contributed by atoms with Crippen molar-refractivity contribution in [3.63, 3.8) is 0 Å². The smallest absolute Gasteiger partial charge is 0.411 e. The summed E-state index contributed by atoms with van der Waals surface area (Å²) in [7, 11) is 3.53. The largest absolute Gasteiger partial charge is 0.496 e. The number of carbonyl (C=O) groups excluding carboxylic acids is 1. The molecule has 2 aromatic carbocycles. The van der Waals surface area contributed by atoms with Gasteiger partial charge in [-0.2, -0.15) is 0 Å². The summed E-state index contributed by atoms with van der Waals surface area (Å²) < 4.78 is 12.9. The summed E-state index contributed by atoms with van der Waals surface area (Å²) in [5, 5.41) is 4.17. The Morgan fingerprint density at radius 3 is 2.88 bits per heavy atom. The Hall–Kier alpha value is -3.10. The van der Waals surface area contributed by atoms with Crippen LogP contribution in [-0.2, 0) is 24.8 Å². The lowest BCUT2D eigenvalue weighted by Crippen LogP contribution is -2.13. The summed E-state index contributed by atoms with van der Waals surface area (Å²) in [4.78, 5) is 22.4. The van der Waals surface area contributed by atoms with Gasteiger partial charge >= 0.3 is 6.09 Å². The molecule has 0 spiro atoms. The molecule has 166 valence electrons. The molecule has 1 N–H and O–H groups in total. The number of halogens is 1. The molecule has 32 heavy (non-hydrogen) atoms. The van der Waals surface area contributed by atoms with Gasteiger partial charge in [0.25, 0.3) is 0 Å². The van der Waals surface area contributed by atoms with Gasteiger partial charge in [-0.1, -0.05) is 24.9 Å². The highest BCUT2D eigenvalue weighted by Crippen LogP contribution is 2.36. The molecule has 0 aliphatic carbocycles. The van der Waals surface area contributed by atoms with Crippen molar-refractivity contribution in [3.05, 3.63) is 58.3 Å². The first-order valence-corrected chi connectivity index (χ1v) is 11.3. The molecular formula is C23H23ClN4O3S. The van der Waals surface area contributed by atoms with E-state index in [9.17, 15) is 4.79 Å². The molecule has 0 unspecified atom stereocenters. The number of thiazole rings is 1. The van der Waals surface area contributed by atoms with E-state index in [-0.39, 0.29) is 6.61 Å². The number of methoxy groups -OCH3 is 1. The fourth-order valence-corrected chi connectivity index (χ4v) is 4.60. The zero-order chi connectivity index (χ0) is 22.7. The highest BCUT2D eigenvalue weighted by Gasteiger charge is 2.17. The van der Waals surface area contributed by atoms with Crippen LogP contribution in [0.15, 0.2) is 42.7 Å². The van der Waals surface area contributed by atoms with Crippen molar-refractivity contribution in [1.82, 2.24) is 14.5 Å². The zero-order valence-electron chi connectivity index (χ0n) is 18.0. The molecular weight excluding hydrogens is 448 g/mol. The highest BCUT2D eigenvalue weighted by molar-refractivity contribution is 7.15. The fraction of sp³-hybridized carbons (Fsp3) is 0.261. The second kappa shape index (κ2) is 9.58. The molecule has 9 heteroatoms. The van der Waals surface area contributed by atoms with E-state index in [4.69, 9.17) is 26.1 Å². The normalized spacial score (nSPS) is 11.0. The molecule has 0 bridgehead atoms. The third kappa shape index (κ3) is 4.71. The number of nitrogens with zero attached hydrogens (tertiary/aromatic N) is 3. The molecule has 0 fully saturated rings. The maximum absolute atomic E-state index is 12.4. The molecule has 0 aliphatic heterocycles. The van der Waals surface area contributed by atoms with Gasteiger partial charge in [0.15, 0.2) is 0 Å². The minimum Gasteiger partial charge on any atom is -0.496 e. The molecule has 0 radical (unpaired) electrons. The van der Waals surface area contributed by atoms with Gasteiger partial charge in [0.05, 0.1) is 40.6 Å². The van der Waals surface area contributed by atoms with Crippen LogP contribution in [0.25, 0.3) is 21.6 Å². The minimum atomic E-state index is -0.526. The second-order valence-electron chi connectivity index (χ2n) is 7.24. The Bertz CT molecular complexity index is 1270. The standard InChI is InChI=1S/C23H23ClN4O3S/c1-4-5-17-21(32-22(27-17)16-8-6-14(24)10-20(16)30-3)12-31-23(29)26-15-7-9-19-18(11-15)25-13-28(19)2/h6-11,13H,4-5,12H2,1-3H3,(H,26,29). The Labute approximate surface area is 195 Å². The van der Waals surface area contributed by atoms with Crippen molar-refractivity contribution in [1.29, 1.82) is 0 Å². The number of aromatic nitrogens is 3. The van der Waals surface area contributed by atoms with Crippen LogP contribution in [0.4, 0.5) is 10.5 Å². The average molecular weight is 471 g/mol. The Morgan fingerprint density at radius 2 is 2.09 bits per heavy atom. The lowest BCUT2D eigenvalue weighted by Gasteiger charge is -2.07. The molecule has 0 saturated carbocycles. The highest BCUT2D eigenvalue weighted by atomic mass is 35.5. The second-order valence-corrected chi connectivity index (χ2v) is 8.76. The van der Waals surface area contributed by atoms with Gasteiger partial charge in [-0.25, -0.2) is 14.8 Å². The summed E-state index contributed by atoms with van der Waals surface area (Å²) >= 11 is 7.58. The van der Waals surface area contributed by atoms with Crippen molar-refractivity contribution in [2.24, 2.45) is 7.05 Å². The molecule has 4 aromatic rings. The van der Waals surface area contributed by atoms with Gasteiger partial charge in [-0.15, -0.1) is 11.3 Å². The van der Waals surface area contributed by atoms with Gasteiger partial charge in [-0.05, 0) is 42.8 Å². The lowest BCUT2D eigenvalue weighted by molar-refractivity contribution is 0.156. The van der Waals surface area contributed by atoms with E-state index in [0.29, 0.717) is 16.5 Å². The number of aryl methyl sites for hydroxylation is 2. The van der Waals surface area contributed by atoms with E-state index in [0.717, 1.165) is 45.0 Å². The Morgan fingerprint density at radius 1 is 1.25 bits per heavy atom. The van der Waals surface area contributed by atoms with E-state index >= 15 is 0 Å². The van der Waals surface area contributed by atoms with Crippen LogP contribution in [0.5, 0.6) is 5.75 Å². The summed E-state index contributed by atoms with van der Waals surface area (Å²) in [6.45, 7) is 2.23. The van der Waals surface area contributed by atoms with Crippen molar-refractivity contribution in [2.45, 2.75) is 26.4 Å². The number of nitrogens with one attached hydrogen (secondary N) is 1. The number of fused-ring (bicyclic) bond motifs is 1. The third-order valence-electron chi connectivity index (χ3n) is 4.97. The number of hydrogen-bond donors (Lipinski definition) is 1. The molecule has 4 rings (SSSR count). The predicted molar refractivity (Wildman–Crippen MR) is 128 cm³/mol. The van der Waals surface area contributed by atoms with Crippen molar-refractivity contribution < 1.29 is 14.3 Å². The van der Waals surface area contributed by atoms with Crippen LogP contribution in [0.2, 0.25) is 5.02 Å². The van der Waals surface area contributed by atoms with E-state index in [1.54, 1.807) is 19.5 Å². The van der Waals surface area contributed by atoms with E-state index in [2.05, 4.69) is 17.2 Å². The average Bonchev–Trinajstić information content (AvgIpc) is 3.35. The van der Waals surface area contributed by atoms with E-state index in [1.165, 1.54) is 11.3 Å². The van der Waals surface area contributed by atoms with E-state index in [1.807, 2.05) is 41.9 Å². The number of hydrogen-bond acceptors (Lipinski definition) is 6. The summed E-state index contributed by atoms with van der Waals surface area (Å²) in [5.41, 5.74) is 4.21. The fourth-order valence-electron chi connectivity index (χ4n) is 3.38. The molecule has 2 heterocycles. The molecule has 0 atom stereocenters. The van der Waals surface area contributed by atoms with Gasteiger partial charge in [-0.3, -0.25) is 5.32 Å². The lowest BCUT2D eigenvalue weighted by atomic mass is 10.2. The number of amides is 1. The first-order valence-electron chi connectivity index (χ1n) is 10.2. The van der Waals surface area contributed by atoms with Gasteiger partial charge in [0.2, 0.25) is 0 Å². The number of ether oxygens (including phenoxy) is 2. The maximum Gasteiger partial charge on any atom is 0.411 e. The van der Waals surface area contributed by atoms with E-state index < -0.39 is 6.09 Å². The monoisotopic (exact) mass is 470 g/mol. The first kappa shape index (κ1) is 22.1. The number of benzene rings is 2. The quantitative estimate of drug-likeness (QED) is 0.355. The molecule has 0 aliphatic rings.